The van der Waals surface area contributed by atoms with Gasteiger partial charge in [-0.25, -0.2) is 9.37 Å². The maximum Gasteiger partial charge on any atom is 0.274 e. The Kier molecular flexibility index (Phi) is 3.81. The molecule has 1 saturated carbocycles. The van der Waals surface area contributed by atoms with E-state index in [0.717, 1.165) is 6.42 Å². The van der Waals surface area contributed by atoms with Crippen LogP contribution in [0.25, 0.3) is 10.4 Å². The van der Waals surface area contributed by atoms with Gasteiger partial charge < -0.3 is 10.6 Å². The number of hydrogen-bond donors (Lipinski definition) is 1. The first kappa shape index (κ1) is 16.5. The number of amides is 2. The number of nitrogens with zero attached hydrogens (tertiary/aromatic N) is 2. The van der Waals surface area contributed by atoms with Crippen LogP contribution in [0.2, 0.25) is 5.02 Å². The summed E-state index contributed by atoms with van der Waals surface area (Å²) in [4.78, 5) is 31.1. The van der Waals surface area contributed by atoms with Crippen LogP contribution < -0.4 is 5.73 Å². The largest absolute Gasteiger partial charge is 0.368 e. The van der Waals surface area contributed by atoms with Crippen LogP contribution in [0.5, 0.6) is 0 Å². The first-order valence-electron chi connectivity index (χ1n) is 7.92. The minimum absolute atomic E-state index is 0.0240. The molecule has 0 radical (unpaired) electrons. The normalized spacial score (nSPS) is 24.3. The molecule has 3 atom stereocenters. The third kappa shape index (κ3) is 2.62. The van der Waals surface area contributed by atoms with E-state index in [1.807, 2.05) is 0 Å². The average Bonchev–Trinajstić information content (AvgIpc) is 3.04. The van der Waals surface area contributed by atoms with Crippen LogP contribution in [0.15, 0.2) is 18.2 Å². The fraction of sp³-hybridized carbons (Fsp3) is 0.353. The lowest BCUT2D eigenvalue weighted by atomic mass is 10.1. The number of benzene rings is 1. The lowest BCUT2D eigenvalue weighted by Gasteiger charge is -2.25. The van der Waals surface area contributed by atoms with E-state index < -0.39 is 17.8 Å². The fourth-order valence-corrected chi connectivity index (χ4v) is 4.87. The quantitative estimate of drug-likeness (QED) is 0.890. The van der Waals surface area contributed by atoms with Crippen molar-refractivity contribution in [3.8, 4) is 10.4 Å². The molecule has 2 amide bonds. The van der Waals surface area contributed by atoms with Crippen molar-refractivity contribution in [2.45, 2.75) is 31.8 Å². The van der Waals surface area contributed by atoms with Gasteiger partial charge in [-0.15, -0.1) is 11.3 Å². The molecule has 4 rings (SSSR count). The molecule has 2 aliphatic rings. The smallest absolute Gasteiger partial charge is 0.274 e. The molecule has 2 heterocycles. The molecular weight excluding hydrogens is 365 g/mol. The van der Waals surface area contributed by atoms with Crippen LogP contribution in [-0.4, -0.2) is 33.8 Å². The summed E-state index contributed by atoms with van der Waals surface area (Å²) in [5.41, 5.74) is 5.76. The fourth-order valence-electron chi connectivity index (χ4n) is 3.58. The Morgan fingerprint density at radius 1 is 1.40 bits per heavy atom. The van der Waals surface area contributed by atoms with Gasteiger partial charge in [-0.2, -0.15) is 0 Å². The number of nitrogens with two attached hydrogens (primary N) is 1. The first-order valence-corrected chi connectivity index (χ1v) is 9.11. The van der Waals surface area contributed by atoms with Crippen LogP contribution in [0.4, 0.5) is 4.39 Å². The van der Waals surface area contributed by atoms with Gasteiger partial charge in [0.2, 0.25) is 5.91 Å². The van der Waals surface area contributed by atoms with Crippen molar-refractivity contribution in [1.82, 2.24) is 9.88 Å². The number of halogens is 2. The molecule has 8 heteroatoms. The van der Waals surface area contributed by atoms with Crippen LogP contribution in [0.1, 0.15) is 28.3 Å². The molecule has 130 valence electrons. The van der Waals surface area contributed by atoms with Gasteiger partial charge in [0.15, 0.2) is 0 Å². The standard InChI is InChI=1S/C17H15ClFN3O2S/c1-7-21-14(15(25-7)13-9(18)3-2-4-10(13)19)17(24)22-11-5-8(11)6-12(22)16(20)23/h2-4,8,11-12H,5-6H2,1H3,(H2,20,23)/t8-,11+,12+/m1/s1. The average molecular weight is 380 g/mol. The van der Waals surface area contributed by atoms with E-state index in [9.17, 15) is 14.0 Å². The van der Waals surface area contributed by atoms with E-state index in [1.165, 1.54) is 28.4 Å². The zero-order valence-corrected chi connectivity index (χ0v) is 14.9. The molecule has 2 aromatic rings. The summed E-state index contributed by atoms with van der Waals surface area (Å²) in [6, 6.07) is 3.78. The molecule has 1 saturated heterocycles. The highest BCUT2D eigenvalue weighted by atomic mass is 35.5. The summed E-state index contributed by atoms with van der Waals surface area (Å²) >= 11 is 7.37. The van der Waals surface area contributed by atoms with E-state index in [2.05, 4.69) is 4.98 Å². The number of carbonyl (C=O) groups is 2. The third-order valence-corrected chi connectivity index (χ3v) is 6.10. The first-order chi connectivity index (χ1) is 11.9. The molecule has 1 aromatic carbocycles. The van der Waals surface area contributed by atoms with Crippen molar-refractivity contribution < 1.29 is 14.0 Å². The Bertz CT molecular complexity index is 880. The van der Waals surface area contributed by atoms with E-state index in [0.29, 0.717) is 22.2 Å². The van der Waals surface area contributed by atoms with Crippen LogP contribution in [0, 0.1) is 18.7 Å². The zero-order chi connectivity index (χ0) is 17.9. The summed E-state index contributed by atoms with van der Waals surface area (Å²) in [7, 11) is 0. The lowest BCUT2D eigenvalue weighted by molar-refractivity contribution is -0.122. The van der Waals surface area contributed by atoms with Gasteiger partial charge in [0.1, 0.15) is 17.6 Å². The number of primary amides is 1. The maximum atomic E-state index is 14.4. The van der Waals surface area contributed by atoms with Gasteiger partial charge in [0, 0.05) is 11.6 Å². The monoisotopic (exact) mass is 379 g/mol. The molecule has 5 nitrogen and oxygen atoms in total. The molecule has 1 aromatic heterocycles. The Hall–Kier alpha value is -1.99. The molecule has 0 spiro atoms. The van der Waals surface area contributed by atoms with Gasteiger partial charge in [-0.05, 0) is 37.8 Å². The molecular formula is C17H15ClFN3O2S. The topological polar surface area (TPSA) is 76.3 Å². The minimum atomic E-state index is -0.623. The summed E-state index contributed by atoms with van der Waals surface area (Å²) in [5.74, 6) is -1.09. The van der Waals surface area contributed by atoms with Gasteiger partial charge >= 0.3 is 0 Å². The number of fused-ring (bicyclic) bond motifs is 1. The van der Waals surface area contributed by atoms with Crippen molar-refractivity contribution in [1.29, 1.82) is 0 Å². The molecule has 1 aliphatic heterocycles. The summed E-state index contributed by atoms with van der Waals surface area (Å²) in [6.07, 6.45) is 1.46. The highest BCUT2D eigenvalue weighted by Crippen LogP contribution is 2.49. The SMILES string of the molecule is Cc1nc(C(=O)N2[C@H](C(N)=O)C[C@H]3C[C@@H]32)c(-c2c(F)cccc2Cl)s1. The summed E-state index contributed by atoms with van der Waals surface area (Å²) in [5, 5.41) is 0.842. The second-order valence-corrected chi connectivity index (χ2v) is 8.05. The van der Waals surface area contributed by atoms with E-state index >= 15 is 0 Å². The van der Waals surface area contributed by atoms with Gasteiger partial charge in [0.05, 0.1) is 14.9 Å². The van der Waals surface area contributed by atoms with Crippen LogP contribution >= 0.6 is 22.9 Å². The van der Waals surface area contributed by atoms with Gasteiger partial charge in [0.25, 0.3) is 5.91 Å². The van der Waals surface area contributed by atoms with E-state index in [1.54, 1.807) is 13.0 Å². The molecule has 2 N–H and O–H groups in total. The Morgan fingerprint density at radius 2 is 2.16 bits per heavy atom. The van der Waals surface area contributed by atoms with Crippen molar-refractivity contribution in [3.63, 3.8) is 0 Å². The van der Waals surface area contributed by atoms with Gasteiger partial charge in [-0.3, -0.25) is 9.59 Å². The predicted octanol–water partition coefficient (Wildman–Crippen LogP) is 3.00. The minimum Gasteiger partial charge on any atom is -0.368 e. The Balaban J connectivity index is 1.79. The Labute approximate surface area is 152 Å². The van der Waals surface area contributed by atoms with Crippen molar-refractivity contribution >= 4 is 34.8 Å². The molecule has 1 aliphatic carbocycles. The summed E-state index contributed by atoms with van der Waals surface area (Å²) < 4.78 is 14.4. The van der Waals surface area contributed by atoms with Crippen molar-refractivity contribution in [2.24, 2.45) is 11.7 Å². The molecule has 2 fully saturated rings. The second kappa shape index (κ2) is 5.78. The Morgan fingerprint density at radius 3 is 2.84 bits per heavy atom. The van der Waals surface area contributed by atoms with Crippen LogP contribution in [0.3, 0.4) is 0 Å². The highest BCUT2D eigenvalue weighted by molar-refractivity contribution is 7.15. The van der Waals surface area contributed by atoms with Crippen molar-refractivity contribution in [3.05, 3.63) is 39.7 Å². The second-order valence-electron chi connectivity index (χ2n) is 6.44. The number of likely N-dealkylation sites (tertiary alicyclic amines) is 1. The number of hydrogen-bond acceptors (Lipinski definition) is 4. The summed E-state index contributed by atoms with van der Waals surface area (Å²) in [6.45, 7) is 1.75. The van der Waals surface area contributed by atoms with Crippen LogP contribution in [-0.2, 0) is 4.79 Å². The van der Waals surface area contributed by atoms with E-state index in [4.69, 9.17) is 17.3 Å². The number of carbonyl (C=O) groups excluding carboxylic acids is 2. The maximum absolute atomic E-state index is 14.4. The zero-order valence-electron chi connectivity index (χ0n) is 13.3. The number of aryl methyl sites for hydroxylation is 1. The van der Waals surface area contributed by atoms with Gasteiger partial charge in [-0.1, -0.05) is 17.7 Å². The number of aromatic nitrogens is 1. The number of piperidine rings is 1. The lowest BCUT2D eigenvalue weighted by Crippen LogP contribution is -2.46. The van der Waals surface area contributed by atoms with Crippen molar-refractivity contribution in [2.75, 3.05) is 0 Å². The highest BCUT2D eigenvalue weighted by Gasteiger charge is 2.56. The van der Waals surface area contributed by atoms with E-state index in [-0.39, 0.29) is 28.2 Å². The molecule has 0 bridgehead atoms. The third-order valence-electron chi connectivity index (χ3n) is 4.79. The predicted molar refractivity (Wildman–Crippen MR) is 92.9 cm³/mol. The number of rotatable bonds is 3. The molecule has 25 heavy (non-hydrogen) atoms. The molecule has 0 unspecified atom stereocenters. The number of thiazole rings is 1.